The third kappa shape index (κ3) is 5.37. The van der Waals surface area contributed by atoms with Gasteiger partial charge >= 0.3 is 6.18 Å². The fourth-order valence-corrected chi connectivity index (χ4v) is 1.99. The maximum Gasteiger partial charge on any atom is 0.406 e. The molecule has 5 nitrogen and oxygen atoms in total. The smallest absolute Gasteiger partial charge is 0.382 e. The molecule has 1 rings (SSSR count). The fourth-order valence-electron chi connectivity index (χ4n) is 1.99. The summed E-state index contributed by atoms with van der Waals surface area (Å²) in [7, 11) is 0. The van der Waals surface area contributed by atoms with Crippen LogP contribution in [0.3, 0.4) is 0 Å². The zero-order chi connectivity index (χ0) is 16.0. The van der Waals surface area contributed by atoms with Gasteiger partial charge in [0.15, 0.2) is 0 Å². The van der Waals surface area contributed by atoms with Gasteiger partial charge in [-0.05, 0) is 27.2 Å². The highest BCUT2D eigenvalue weighted by Gasteiger charge is 2.34. The zero-order valence-electron chi connectivity index (χ0n) is 12.4. The summed E-state index contributed by atoms with van der Waals surface area (Å²) in [5.74, 6) is -0.660. The van der Waals surface area contributed by atoms with E-state index in [1.54, 1.807) is 20.8 Å². The number of aromatic nitrogens is 2. The second-order valence-electron chi connectivity index (χ2n) is 4.70. The number of carbonyl (C=O) groups is 1. The molecule has 0 fully saturated rings. The molecule has 1 aromatic heterocycles. The van der Waals surface area contributed by atoms with E-state index in [1.165, 1.54) is 0 Å². The topological polar surface area (TPSA) is 58.2 Å². The molecule has 1 amide bonds. The van der Waals surface area contributed by atoms with Gasteiger partial charge in [0.2, 0.25) is 0 Å². The Morgan fingerprint density at radius 1 is 1.38 bits per heavy atom. The molecule has 1 heterocycles. The minimum absolute atomic E-state index is 0.0115. The molecule has 120 valence electrons. The maximum absolute atomic E-state index is 12.6. The van der Waals surface area contributed by atoms with E-state index in [4.69, 9.17) is 4.74 Å². The van der Waals surface area contributed by atoms with Gasteiger partial charge in [-0.15, -0.1) is 0 Å². The zero-order valence-corrected chi connectivity index (χ0v) is 12.4. The Morgan fingerprint density at radius 3 is 2.52 bits per heavy atom. The molecule has 0 aromatic carbocycles. The standard InChI is InChI=1S/C13H20F3N3O2/c1-4-21-7-5-6-19(8-13(14,15)16)12(20)11-9(2)17-18-10(11)3/h4-8H2,1-3H3,(H,17,18). The first kappa shape index (κ1) is 17.5. The third-order valence-electron chi connectivity index (χ3n) is 2.92. The normalized spacial score (nSPS) is 11.7. The highest BCUT2D eigenvalue weighted by Crippen LogP contribution is 2.20. The Balaban J connectivity index is 2.82. The average Bonchev–Trinajstić information content (AvgIpc) is 2.70. The van der Waals surface area contributed by atoms with E-state index in [0.717, 1.165) is 4.90 Å². The van der Waals surface area contributed by atoms with Gasteiger partial charge in [-0.25, -0.2) is 0 Å². The van der Waals surface area contributed by atoms with Crippen LogP contribution in [-0.2, 0) is 4.74 Å². The van der Waals surface area contributed by atoms with Crippen molar-refractivity contribution in [2.45, 2.75) is 33.4 Å². The van der Waals surface area contributed by atoms with Gasteiger partial charge in [-0.1, -0.05) is 0 Å². The van der Waals surface area contributed by atoms with Crippen molar-refractivity contribution in [1.82, 2.24) is 15.1 Å². The quantitative estimate of drug-likeness (QED) is 0.787. The van der Waals surface area contributed by atoms with Crippen molar-refractivity contribution in [3.8, 4) is 0 Å². The lowest BCUT2D eigenvalue weighted by Gasteiger charge is -2.24. The van der Waals surface area contributed by atoms with Gasteiger partial charge in [0.1, 0.15) is 6.54 Å². The monoisotopic (exact) mass is 307 g/mol. The molecule has 0 radical (unpaired) electrons. The van der Waals surface area contributed by atoms with Gasteiger partial charge in [0.25, 0.3) is 5.91 Å². The molecular formula is C13H20F3N3O2. The number of hydrogen-bond donors (Lipinski definition) is 1. The first-order chi connectivity index (χ1) is 9.76. The average molecular weight is 307 g/mol. The molecule has 0 spiro atoms. The molecule has 8 heteroatoms. The molecule has 21 heavy (non-hydrogen) atoms. The second-order valence-corrected chi connectivity index (χ2v) is 4.70. The number of amides is 1. The van der Waals surface area contributed by atoms with Crippen LogP contribution in [0, 0.1) is 13.8 Å². The molecule has 0 aliphatic carbocycles. The minimum atomic E-state index is -4.44. The largest absolute Gasteiger partial charge is 0.406 e. The Bertz CT molecular complexity index is 452. The maximum atomic E-state index is 12.6. The number of hydrogen-bond acceptors (Lipinski definition) is 3. The van der Waals surface area contributed by atoms with E-state index < -0.39 is 18.6 Å². The van der Waals surface area contributed by atoms with E-state index in [2.05, 4.69) is 10.2 Å². The molecule has 0 saturated carbocycles. The first-order valence-corrected chi connectivity index (χ1v) is 6.71. The lowest BCUT2D eigenvalue weighted by molar-refractivity contribution is -0.141. The van der Waals surface area contributed by atoms with E-state index in [9.17, 15) is 18.0 Å². The first-order valence-electron chi connectivity index (χ1n) is 6.71. The minimum Gasteiger partial charge on any atom is -0.382 e. The number of aromatic amines is 1. The number of alkyl halides is 3. The summed E-state index contributed by atoms with van der Waals surface area (Å²) in [6, 6.07) is 0. The van der Waals surface area contributed by atoms with E-state index in [1.807, 2.05) is 0 Å². The van der Waals surface area contributed by atoms with Crippen molar-refractivity contribution in [1.29, 1.82) is 0 Å². The van der Waals surface area contributed by atoms with Gasteiger partial charge in [-0.3, -0.25) is 9.89 Å². The summed E-state index contributed by atoms with van der Waals surface area (Å²) in [4.78, 5) is 13.1. The van der Waals surface area contributed by atoms with E-state index >= 15 is 0 Å². The Kier molecular flexibility index (Phi) is 6.19. The van der Waals surface area contributed by atoms with Crippen LogP contribution in [0.25, 0.3) is 0 Å². The highest BCUT2D eigenvalue weighted by atomic mass is 19.4. The summed E-state index contributed by atoms with van der Waals surface area (Å²) in [5.41, 5.74) is 1.07. The van der Waals surface area contributed by atoms with E-state index in [0.29, 0.717) is 31.0 Å². The number of carbonyl (C=O) groups excluding carboxylic acids is 1. The summed E-state index contributed by atoms with van der Waals surface area (Å²) in [6.07, 6.45) is -4.08. The number of halogens is 3. The Hall–Kier alpha value is -1.57. The number of rotatable bonds is 7. The van der Waals surface area contributed by atoms with Crippen molar-refractivity contribution in [2.24, 2.45) is 0 Å². The van der Waals surface area contributed by atoms with Crippen molar-refractivity contribution >= 4 is 5.91 Å². The van der Waals surface area contributed by atoms with Crippen LogP contribution in [0.15, 0.2) is 0 Å². The Labute approximate surface area is 121 Å². The number of ether oxygens (including phenoxy) is 1. The van der Waals surface area contributed by atoms with Gasteiger partial charge in [0, 0.05) is 25.5 Å². The SMILES string of the molecule is CCOCCCN(CC(F)(F)F)C(=O)c1c(C)n[nH]c1C. The van der Waals surface area contributed by atoms with Gasteiger partial charge < -0.3 is 9.64 Å². The van der Waals surface area contributed by atoms with Crippen molar-refractivity contribution in [2.75, 3.05) is 26.3 Å². The van der Waals surface area contributed by atoms with Crippen LogP contribution >= 0.6 is 0 Å². The van der Waals surface area contributed by atoms with Crippen molar-refractivity contribution in [3.63, 3.8) is 0 Å². The molecule has 0 atom stereocenters. The van der Waals surface area contributed by atoms with E-state index in [-0.39, 0.29) is 12.1 Å². The predicted octanol–water partition coefficient (Wildman–Crippen LogP) is 2.46. The predicted molar refractivity (Wildman–Crippen MR) is 71.1 cm³/mol. The molecule has 1 N–H and O–H groups in total. The summed E-state index contributed by atoms with van der Waals surface area (Å²) < 4.78 is 43.0. The van der Waals surface area contributed by atoms with Crippen LogP contribution in [0.1, 0.15) is 35.1 Å². The molecule has 0 unspecified atom stereocenters. The van der Waals surface area contributed by atoms with Crippen LogP contribution < -0.4 is 0 Å². The highest BCUT2D eigenvalue weighted by molar-refractivity contribution is 5.96. The van der Waals surface area contributed by atoms with Crippen LogP contribution in [0.4, 0.5) is 13.2 Å². The molecule has 0 bridgehead atoms. The second kappa shape index (κ2) is 7.44. The van der Waals surface area contributed by atoms with Crippen molar-refractivity contribution < 1.29 is 22.7 Å². The van der Waals surface area contributed by atoms with Crippen molar-refractivity contribution in [3.05, 3.63) is 17.0 Å². The molecular weight excluding hydrogens is 287 g/mol. The molecule has 0 aliphatic heterocycles. The van der Waals surface area contributed by atoms with Gasteiger partial charge in [-0.2, -0.15) is 18.3 Å². The number of H-pyrrole nitrogens is 1. The number of aryl methyl sites for hydroxylation is 2. The summed E-state index contributed by atoms with van der Waals surface area (Å²) >= 11 is 0. The summed E-state index contributed by atoms with van der Waals surface area (Å²) in [5, 5.41) is 6.46. The van der Waals surface area contributed by atoms with Gasteiger partial charge in [0.05, 0.1) is 11.3 Å². The lowest BCUT2D eigenvalue weighted by atomic mass is 10.1. The number of nitrogens with one attached hydrogen (secondary N) is 1. The fraction of sp³-hybridized carbons (Fsp3) is 0.692. The molecule has 1 aromatic rings. The number of nitrogens with zero attached hydrogens (tertiary/aromatic N) is 2. The Morgan fingerprint density at radius 2 is 2.05 bits per heavy atom. The lowest BCUT2D eigenvalue weighted by Crippen LogP contribution is -2.40. The van der Waals surface area contributed by atoms with Crippen LogP contribution in [-0.4, -0.2) is 53.5 Å². The van der Waals surface area contributed by atoms with Crippen LogP contribution in [0.5, 0.6) is 0 Å². The molecule has 0 saturated heterocycles. The third-order valence-corrected chi connectivity index (χ3v) is 2.92. The molecule has 0 aliphatic rings. The van der Waals surface area contributed by atoms with Crippen LogP contribution in [0.2, 0.25) is 0 Å². The summed E-state index contributed by atoms with van der Waals surface area (Å²) in [6.45, 7) is 4.53.